The maximum Gasteiger partial charge on any atom is 0.280 e. The van der Waals surface area contributed by atoms with Crippen molar-refractivity contribution >= 4 is 23.4 Å². The molecule has 1 aliphatic heterocycles. The van der Waals surface area contributed by atoms with E-state index >= 15 is 0 Å². The molecule has 29 heavy (non-hydrogen) atoms. The van der Waals surface area contributed by atoms with Crippen LogP contribution in [0.1, 0.15) is 36.7 Å². The van der Waals surface area contributed by atoms with Crippen LogP contribution in [0, 0.1) is 13.8 Å². The zero-order valence-electron chi connectivity index (χ0n) is 17.0. The predicted octanol–water partition coefficient (Wildman–Crippen LogP) is 5.08. The van der Waals surface area contributed by atoms with Crippen molar-refractivity contribution in [2.24, 2.45) is 5.10 Å². The van der Waals surface area contributed by atoms with Gasteiger partial charge in [0.1, 0.15) is 0 Å². The van der Waals surface area contributed by atoms with Gasteiger partial charge in [-0.15, -0.1) is 0 Å². The van der Waals surface area contributed by atoms with Gasteiger partial charge in [0, 0.05) is 17.6 Å². The fraction of sp³-hybridized carbons (Fsp3) is 0.208. The number of aryl methyl sites for hydroxylation is 1. The largest absolute Gasteiger partial charge is 0.316 e. The smallest absolute Gasteiger partial charge is 0.280 e. The van der Waals surface area contributed by atoms with Crippen molar-refractivity contribution in [3.63, 3.8) is 0 Å². The van der Waals surface area contributed by atoms with Gasteiger partial charge in [-0.05, 0) is 62.2 Å². The lowest BCUT2D eigenvalue weighted by atomic mass is 10.0. The van der Waals surface area contributed by atoms with E-state index < -0.39 is 0 Å². The molecule has 5 heteroatoms. The van der Waals surface area contributed by atoms with Crippen molar-refractivity contribution in [3.05, 3.63) is 83.4 Å². The van der Waals surface area contributed by atoms with Crippen molar-refractivity contribution in [1.29, 1.82) is 0 Å². The van der Waals surface area contributed by atoms with Gasteiger partial charge in [0.15, 0.2) is 0 Å². The van der Waals surface area contributed by atoms with Crippen LogP contribution in [0.2, 0.25) is 0 Å². The summed E-state index contributed by atoms with van der Waals surface area (Å²) in [5, 5.41) is 6.15. The highest BCUT2D eigenvalue weighted by Gasteiger charge is 2.30. The van der Waals surface area contributed by atoms with E-state index in [1.54, 1.807) is 6.20 Å². The zero-order valence-corrected chi connectivity index (χ0v) is 17.0. The third-order valence-corrected chi connectivity index (χ3v) is 5.12. The summed E-state index contributed by atoms with van der Waals surface area (Å²) in [6.45, 7) is 6.23. The highest BCUT2D eigenvalue weighted by atomic mass is 16.2. The number of pyridine rings is 1. The van der Waals surface area contributed by atoms with Crippen LogP contribution in [0.4, 0.5) is 5.69 Å². The predicted molar refractivity (Wildman–Crippen MR) is 117 cm³/mol. The number of hydrazone groups is 1. The summed E-state index contributed by atoms with van der Waals surface area (Å²) in [5.74, 6) is -0.0779. The minimum Gasteiger partial charge on any atom is -0.316 e. The molecule has 1 aromatic carbocycles. The third-order valence-electron chi connectivity index (χ3n) is 5.12. The number of anilines is 1. The maximum absolute atomic E-state index is 13.2. The minimum atomic E-state index is -0.0779. The molecule has 3 heterocycles. The Hall–Kier alpha value is -3.47. The molecule has 0 radical (unpaired) electrons. The van der Waals surface area contributed by atoms with Crippen LogP contribution in [0.3, 0.4) is 0 Å². The summed E-state index contributed by atoms with van der Waals surface area (Å²) < 4.78 is 2.16. The molecule has 146 valence electrons. The number of carbonyl (C=O) groups is 1. The van der Waals surface area contributed by atoms with Crippen LogP contribution in [0.25, 0.3) is 11.8 Å². The van der Waals surface area contributed by atoms with E-state index in [0.29, 0.717) is 5.57 Å². The number of amides is 1. The quantitative estimate of drug-likeness (QED) is 0.576. The molecule has 1 amide bonds. The van der Waals surface area contributed by atoms with Crippen LogP contribution in [0.5, 0.6) is 0 Å². The van der Waals surface area contributed by atoms with E-state index in [9.17, 15) is 4.79 Å². The second kappa shape index (κ2) is 7.87. The number of hydrogen-bond donors (Lipinski definition) is 0. The van der Waals surface area contributed by atoms with Crippen LogP contribution in [-0.2, 0) is 4.79 Å². The highest BCUT2D eigenvalue weighted by Crippen LogP contribution is 2.28. The van der Waals surface area contributed by atoms with Gasteiger partial charge in [-0.25, -0.2) is 0 Å². The normalized spacial score (nSPS) is 15.3. The Balaban J connectivity index is 1.76. The van der Waals surface area contributed by atoms with E-state index in [4.69, 9.17) is 0 Å². The summed E-state index contributed by atoms with van der Waals surface area (Å²) in [7, 11) is 0. The molecule has 3 aromatic rings. The number of nitrogens with zero attached hydrogens (tertiary/aromatic N) is 4. The molecule has 2 aromatic heterocycles. The first kappa shape index (κ1) is 18.9. The first-order chi connectivity index (χ1) is 14.1. The lowest BCUT2D eigenvalue weighted by molar-refractivity contribution is -0.114. The Bertz CT molecular complexity index is 1090. The summed E-state index contributed by atoms with van der Waals surface area (Å²) in [4.78, 5) is 17.4. The first-order valence-electron chi connectivity index (χ1n) is 9.88. The molecule has 0 aliphatic carbocycles. The van der Waals surface area contributed by atoms with E-state index in [-0.39, 0.29) is 5.91 Å². The number of para-hydroxylation sites is 1. The molecule has 4 rings (SSSR count). The number of carbonyl (C=O) groups excluding carboxylic acids is 1. The van der Waals surface area contributed by atoms with Crippen molar-refractivity contribution in [1.82, 2.24) is 9.55 Å². The minimum absolute atomic E-state index is 0.0779. The van der Waals surface area contributed by atoms with Crippen LogP contribution in [0.15, 0.2) is 71.6 Å². The van der Waals surface area contributed by atoms with Gasteiger partial charge < -0.3 is 4.57 Å². The molecule has 0 atom stereocenters. The van der Waals surface area contributed by atoms with E-state index in [0.717, 1.165) is 46.9 Å². The Labute approximate surface area is 171 Å². The molecule has 0 unspecified atom stereocenters. The van der Waals surface area contributed by atoms with Crippen molar-refractivity contribution in [2.45, 2.75) is 33.6 Å². The summed E-state index contributed by atoms with van der Waals surface area (Å²) in [6.07, 6.45) is 7.29. The molecule has 0 saturated heterocycles. The SMILES string of the molecule is CCCC1=NN(c2ccccc2)C(=O)/C1=C\c1cc(C)n(-c2cccnc2)c1C. The standard InChI is InChI=1S/C24H24N4O/c1-4-9-23-22(24(29)28(26-23)20-10-6-5-7-11-20)15-19-14-17(2)27(18(19)3)21-12-8-13-25-16-21/h5-8,10-16H,4,9H2,1-3H3/b22-15-. The van der Waals surface area contributed by atoms with Crippen molar-refractivity contribution < 1.29 is 4.79 Å². The fourth-order valence-electron chi connectivity index (χ4n) is 3.74. The lowest BCUT2D eigenvalue weighted by Gasteiger charge is -2.11. The number of rotatable bonds is 5. The molecular weight excluding hydrogens is 360 g/mol. The Kier molecular flexibility index (Phi) is 5.12. The number of hydrogen-bond acceptors (Lipinski definition) is 3. The Morgan fingerprint density at radius 1 is 1.03 bits per heavy atom. The second-order valence-electron chi connectivity index (χ2n) is 7.18. The second-order valence-corrected chi connectivity index (χ2v) is 7.18. The average molecular weight is 384 g/mol. The maximum atomic E-state index is 13.2. The first-order valence-corrected chi connectivity index (χ1v) is 9.88. The third kappa shape index (κ3) is 3.51. The summed E-state index contributed by atoms with van der Waals surface area (Å²) in [6, 6.07) is 15.6. The molecule has 5 nitrogen and oxygen atoms in total. The number of benzene rings is 1. The fourth-order valence-corrected chi connectivity index (χ4v) is 3.74. The number of aromatic nitrogens is 2. The van der Waals surface area contributed by atoms with Gasteiger partial charge in [0.2, 0.25) is 0 Å². The lowest BCUT2D eigenvalue weighted by Crippen LogP contribution is -2.21. The molecule has 0 N–H and O–H groups in total. The van der Waals surface area contributed by atoms with Crippen molar-refractivity contribution in [2.75, 3.05) is 5.01 Å². The molecule has 0 fully saturated rings. The van der Waals surface area contributed by atoms with Gasteiger partial charge in [0.25, 0.3) is 5.91 Å². The van der Waals surface area contributed by atoms with E-state index in [1.165, 1.54) is 5.01 Å². The van der Waals surface area contributed by atoms with Gasteiger partial charge in [-0.2, -0.15) is 10.1 Å². The van der Waals surface area contributed by atoms with Gasteiger partial charge in [-0.3, -0.25) is 9.78 Å². The monoisotopic (exact) mass is 384 g/mol. The van der Waals surface area contributed by atoms with Crippen molar-refractivity contribution in [3.8, 4) is 5.69 Å². The Morgan fingerprint density at radius 3 is 2.48 bits per heavy atom. The van der Waals surface area contributed by atoms with Gasteiger partial charge in [0.05, 0.1) is 28.9 Å². The molecule has 0 bridgehead atoms. The average Bonchev–Trinajstić information content (AvgIpc) is 3.20. The zero-order chi connectivity index (χ0) is 20.4. The Morgan fingerprint density at radius 2 is 1.79 bits per heavy atom. The topological polar surface area (TPSA) is 50.5 Å². The molecule has 1 aliphatic rings. The van der Waals surface area contributed by atoms with E-state index in [1.807, 2.05) is 54.7 Å². The van der Waals surface area contributed by atoms with E-state index in [2.05, 4.69) is 41.5 Å². The van der Waals surface area contributed by atoms with Gasteiger partial charge >= 0.3 is 0 Å². The van der Waals surface area contributed by atoms with Crippen LogP contribution in [-0.4, -0.2) is 21.2 Å². The molecule has 0 saturated carbocycles. The summed E-state index contributed by atoms with van der Waals surface area (Å²) >= 11 is 0. The van der Waals surface area contributed by atoms with Crippen LogP contribution < -0.4 is 5.01 Å². The summed E-state index contributed by atoms with van der Waals surface area (Å²) in [5.41, 5.74) is 6.50. The molecular formula is C24H24N4O. The van der Waals surface area contributed by atoms with Gasteiger partial charge in [-0.1, -0.05) is 31.5 Å². The molecule has 0 spiro atoms. The highest BCUT2D eigenvalue weighted by molar-refractivity contribution is 6.32. The van der Waals surface area contributed by atoms with Crippen LogP contribution >= 0.6 is 0 Å².